The summed E-state index contributed by atoms with van der Waals surface area (Å²) in [6.07, 6.45) is 1.35. The van der Waals surface area contributed by atoms with Gasteiger partial charge in [0, 0.05) is 17.1 Å². The zero-order valence-electron chi connectivity index (χ0n) is 17.7. The molecule has 0 saturated carbocycles. The van der Waals surface area contributed by atoms with Crippen LogP contribution in [0.2, 0.25) is 0 Å². The summed E-state index contributed by atoms with van der Waals surface area (Å²) in [5.41, 5.74) is 3.23. The maximum Gasteiger partial charge on any atom is 0.341 e. The van der Waals surface area contributed by atoms with Crippen molar-refractivity contribution in [1.82, 2.24) is 19.6 Å². The van der Waals surface area contributed by atoms with Crippen molar-refractivity contribution < 1.29 is 23.5 Å². The normalized spacial score (nSPS) is 11.0. The summed E-state index contributed by atoms with van der Waals surface area (Å²) < 4.78 is 17.0. The molecule has 0 bridgehead atoms. The largest absolute Gasteiger partial charge is 0.465 e. The SMILES string of the molecule is COC(=O)c1ccoc1COC(=O)c1ccccc1CSc1nc2nc(C)cc(C)n2n1. The van der Waals surface area contributed by atoms with Gasteiger partial charge in [0.25, 0.3) is 5.78 Å². The third-order valence-corrected chi connectivity index (χ3v) is 5.56. The molecule has 32 heavy (non-hydrogen) atoms. The molecule has 0 N–H and O–H groups in total. The summed E-state index contributed by atoms with van der Waals surface area (Å²) in [4.78, 5) is 33.3. The van der Waals surface area contributed by atoms with E-state index < -0.39 is 11.9 Å². The molecule has 0 aliphatic heterocycles. The van der Waals surface area contributed by atoms with Gasteiger partial charge in [-0.15, -0.1) is 5.10 Å². The fourth-order valence-electron chi connectivity index (χ4n) is 3.15. The van der Waals surface area contributed by atoms with Gasteiger partial charge in [-0.05, 0) is 37.6 Å². The number of thioether (sulfide) groups is 1. The molecule has 0 fully saturated rings. The molecule has 164 valence electrons. The summed E-state index contributed by atoms with van der Waals surface area (Å²) in [6.45, 7) is 3.67. The van der Waals surface area contributed by atoms with Crippen LogP contribution < -0.4 is 0 Å². The summed E-state index contributed by atoms with van der Waals surface area (Å²) in [5, 5.41) is 5.04. The van der Waals surface area contributed by atoms with Crippen LogP contribution in [0.4, 0.5) is 0 Å². The average molecular weight is 452 g/mol. The Labute approximate surface area is 187 Å². The van der Waals surface area contributed by atoms with Gasteiger partial charge in [0.2, 0.25) is 5.16 Å². The molecule has 0 amide bonds. The van der Waals surface area contributed by atoms with Gasteiger partial charge in [0.1, 0.15) is 5.56 Å². The molecule has 0 saturated heterocycles. The van der Waals surface area contributed by atoms with Crippen LogP contribution in [0.3, 0.4) is 0 Å². The number of aromatic nitrogens is 4. The fourth-order valence-corrected chi connectivity index (χ4v) is 3.97. The molecular weight excluding hydrogens is 432 g/mol. The lowest BCUT2D eigenvalue weighted by molar-refractivity contribution is 0.0431. The first-order chi connectivity index (χ1) is 15.5. The van der Waals surface area contributed by atoms with Crippen LogP contribution in [0.1, 0.15) is 43.4 Å². The minimum atomic E-state index is -0.554. The predicted octanol–water partition coefficient (Wildman–Crippen LogP) is 3.77. The van der Waals surface area contributed by atoms with Gasteiger partial charge in [-0.25, -0.2) is 19.1 Å². The quantitative estimate of drug-likeness (QED) is 0.306. The highest BCUT2D eigenvalue weighted by atomic mass is 32.2. The predicted molar refractivity (Wildman–Crippen MR) is 115 cm³/mol. The molecule has 0 spiro atoms. The number of ether oxygens (including phenoxy) is 2. The Kier molecular flexibility index (Phi) is 6.22. The lowest BCUT2D eigenvalue weighted by Crippen LogP contribution is -2.10. The highest BCUT2D eigenvalue weighted by Crippen LogP contribution is 2.24. The molecule has 9 nitrogen and oxygen atoms in total. The molecule has 4 aromatic rings. The summed E-state index contributed by atoms with van der Waals surface area (Å²) >= 11 is 1.40. The zero-order valence-corrected chi connectivity index (χ0v) is 18.5. The lowest BCUT2D eigenvalue weighted by Gasteiger charge is -2.08. The van der Waals surface area contributed by atoms with Crippen molar-refractivity contribution in [3.8, 4) is 0 Å². The van der Waals surface area contributed by atoms with Crippen molar-refractivity contribution in [3.63, 3.8) is 0 Å². The number of furan rings is 1. The Balaban J connectivity index is 1.46. The Morgan fingerprint density at radius 2 is 1.91 bits per heavy atom. The Morgan fingerprint density at radius 3 is 2.72 bits per heavy atom. The van der Waals surface area contributed by atoms with Crippen LogP contribution in [-0.4, -0.2) is 38.6 Å². The lowest BCUT2D eigenvalue weighted by atomic mass is 10.1. The number of fused-ring (bicyclic) bond motifs is 1. The molecule has 0 atom stereocenters. The molecule has 3 aromatic heterocycles. The highest BCUT2D eigenvalue weighted by molar-refractivity contribution is 7.98. The number of hydrogen-bond donors (Lipinski definition) is 0. The zero-order chi connectivity index (χ0) is 22.7. The molecule has 1 aromatic carbocycles. The van der Waals surface area contributed by atoms with E-state index in [4.69, 9.17) is 13.9 Å². The van der Waals surface area contributed by atoms with E-state index in [1.165, 1.54) is 31.2 Å². The van der Waals surface area contributed by atoms with Gasteiger partial charge in [-0.1, -0.05) is 30.0 Å². The minimum Gasteiger partial charge on any atom is -0.465 e. The summed E-state index contributed by atoms with van der Waals surface area (Å²) in [6, 6.07) is 10.6. The van der Waals surface area contributed by atoms with E-state index in [-0.39, 0.29) is 17.9 Å². The van der Waals surface area contributed by atoms with Gasteiger partial charge >= 0.3 is 11.9 Å². The Morgan fingerprint density at radius 1 is 1.09 bits per heavy atom. The van der Waals surface area contributed by atoms with Gasteiger partial charge in [-0.2, -0.15) is 4.98 Å². The van der Waals surface area contributed by atoms with E-state index in [1.54, 1.807) is 16.6 Å². The first-order valence-electron chi connectivity index (χ1n) is 9.70. The van der Waals surface area contributed by atoms with Crippen molar-refractivity contribution in [1.29, 1.82) is 0 Å². The van der Waals surface area contributed by atoms with Gasteiger partial charge in [0.15, 0.2) is 12.4 Å². The van der Waals surface area contributed by atoms with Crippen molar-refractivity contribution in [2.75, 3.05) is 7.11 Å². The van der Waals surface area contributed by atoms with E-state index >= 15 is 0 Å². The van der Waals surface area contributed by atoms with Crippen LogP contribution in [0.5, 0.6) is 0 Å². The summed E-state index contributed by atoms with van der Waals surface area (Å²) in [7, 11) is 1.27. The molecule has 0 unspecified atom stereocenters. The van der Waals surface area contributed by atoms with E-state index in [2.05, 4.69) is 15.1 Å². The second kappa shape index (κ2) is 9.23. The second-order valence-electron chi connectivity index (χ2n) is 6.92. The standard InChI is InChI=1S/C22H20N4O5S/c1-13-10-14(2)26-21(23-13)24-22(25-26)32-12-15-6-4-5-7-16(15)20(28)31-11-18-17(8-9-30-18)19(27)29-3/h4-10H,11-12H2,1-3H3. The van der Waals surface area contributed by atoms with Crippen LogP contribution in [0, 0.1) is 13.8 Å². The van der Waals surface area contributed by atoms with E-state index in [9.17, 15) is 9.59 Å². The maximum absolute atomic E-state index is 12.7. The number of methoxy groups -OCH3 is 1. The van der Waals surface area contributed by atoms with Gasteiger partial charge in [0.05, 0.1) is 18.9 Å². The smallest absolute Gasteiger partial charge is 0.341 e. The fraction of sp³-hybridized carbons (Fsp3) is 0.227. The van der Waals surface area contributed by atoms with Crippen LogP contribution in [0.25, 0.3) is 5.78 Å². The summed E-state index contributed by atoms with van der Waals surface area (Å²) in [5.74, 6) is 0.154. The third-order valence-electron chi connectivity index (χ3n) is 4.68. The van der Waals surface area contributed by atoms with Crippen LogP contribution in [-0.2, 0) is 21.8 Å². The van der Waals surface area contributed by atoms with E-state index in [1.807, 2.05) is 32.0 Å². The number of benzene rings is 1. The second-order valence-corrected chi connectivity index (χ2v) is 7.86. The number of esters is 2. The third kappa shape index (κ3) is 4.50. The minimum absolute atomic E-state index is 0.184. The number of aryl methyl sites for hydroxylation is 2. The molecule has 3 heterocycles. The van der Waals surface area contributed by atoms with Crippen LogP contribution in [0.15, 0.2) is 52.2 Å². The first kappa shape index (κ1) is 21.6. The van der Waals surface area contributed by atoms with E-state index in [0.717, 1.165) is 17.0 Å². The van der Waals surface area contributed by atoms with Crippen molar-refractivity contribution in [2.45, 2.75) is 31.4 Å². The van der Waals surface area contributed by atoms with Gasteiger partial charge in [-0.3, -0.25) is 0 Å². The first-order valence-corrected chi connectivity index (χ1v) is 10.7. The molecular formula is C22H20N4O5S. The maximum atomic E-state index is 12.7. The molecule has 0 aliphatic rings. The van der Waals surface area contributed by atoms with Crippen molar-refractivity contribution in [3.05, 3.63) is 76.5 Å². The number of carbonyl (C=O) groups excluding carboxylic acids is 2. The average Bonchev–Trinajstić information content (AvgIpc) is 3.42. The van der Waals surface area contributed by atoms with Gasteiger partial charge < -0.3 is 13.9 Å². The number of hydrogen-bond acceptors (Lipinski definition) is 9. The van der Waals surface area contributed by atoms with E-state index in [0.29, 0.717) is 22.3 Å². The molecule has 0 radical (unpaired) electrons. The monoisotopic (exact) mass is 452 g/mol. The van der Waals surface area contributed by atoms with Crippen molar-refractivity contribution >= 4 is 29.5 Å². The Hall–Kier alpha value is -3.66. The molecule has 4 rings (SSSR count). The number of rotatable bonds is 7. The molecule has 0 aliphatic carbocycles. The Bertz CT molecular complexity index is 1300. The highest BCUT2D eigenvalue weighted by Gasteiger charge is 2.19. The number of nitrogens with zero attached hydrogens (tertiary/aromatic N) is 4. The number of carbonyl (C=O) groups is 2. The topological polar surface area (TPSA) is 109 Å². The van der Waals surface area contributed by atoms with Crippen LogP contribution >= 0.6 is 11.8 Å². The molecule has 10 heteroatoms. The van der Waals surface area contributed by atoms with Crippen molar-refractivity contribution in [2.24, 2.45) is 0 Å².